The molecule has 0 unspecified atom stereocenters. The number of halogens is 1. The number of nitrogens with one attached hydrogen (secondary N) is 1. The molecule has 0 fully saturated rings. The van der Waals surface area contributed by atoms with Gasteiger partial charge < -0.3 is 5.32 Å². The summed E-state index contributed by atoms with van der Waals surface area (Å²) < 4.78 is 15.2. The molecule has 2 rings (SSSR count). The number of hydrogen-bond acceptors (Lipinski definition) is 2. The van der Waals surface area contributed by atoms with E-state index in [9.17, 15) is 4.39 Å². The third kappa shape index (κ3) is 1.89. The van der Waals surface area contributed by atoms with Crippen molar-refractivity contribution in [3.63, 3.8) is 0 Å². The predicted molar refractivity (Wildman–Crippen MR) is 56.3 cm³/mol. The first-order valence-electron chi connectivity index (χ1n) is 4.74. The Labute approximate surface area is 87.6 Å². The van der Waals surface area contributed by atoms with Crippen LogP contribution in [0.4, 0.5) is 4.39 Å². The Kier molecular flexibility index (Phi) is 2.78. The molecule has 0 radical (unpaired) electrons. The summed E-state index contributed by atoms with van der Waals surface area (Å²) in [6.45, 7) is 0.612. The number of aromatic nitrogens is 2. The highest BCUT2D eigenvalue weighted by Crippen LogP contribution is 2.14. The second kappa shape index (κ2) is 4.23. The lowest BCUT2D eigenvalue weighted by Crippen LogP contribution is -2.11. The molecule has 1 N–H and O–H groups in total. The van der Waals surface area contributed by atoms with Crippen molar-refractivity contribution in [2.45, 2.75) is 6.54 Å². The van der Waals surface area contributed by atoms with Crippen LogP contribution in [-0.2, 0) is 6.54 Å². The van der Waals surface area contributed by atoms with Gasteiger partial charge >= 0.3 is 0 Å². The van der Waals surface area contributed by atoms with Gasteiger partial charge in [0.15, 0.2) is 0 Å². The van der Waals surface area contributed by atoms with E-state index < -0.39 is 0 Å². The maximum Gasteiger partial charge on any atom is 0.147 e. The molecule has 0 aliphatic carbocycles. The molecule has 15 heavy (non-hydrogen) atoms. The zero-order chi connectivity index (χ0) is 10.7. The van der Waals surface area contributed by atoms with E-state index in [-0.39, 0.29) is 5.82 Å². The molecule has 1 aromatic carbocycles. The molecule has 0 aliphatic rings. The minimum absolute atomic E-state index is 0.243. The van der Waals surface area contributed by atoms with E-state index in [0.29, 0.717) is 12.2 Å². The average molecular weight is 205 g/mol. The molecule has 78 valence electrons. The van der Waals surface area contributed by atoms with Crippen molar-refractivity contribution in [3.8, 4) is 5.69 Å². The molecule has 0 amide bonds. The van der Waals surface area contributed by atoms with Crippen LogP contribution in [0, 0.1) is 5.82 Å². The van der Waals surface area contributed by atoms with Gasteiger partial charge in [-0.3, -0.25) is 4.57 Å². The van der Waals surface area contributed by atoms with Crippen molar-refractivity contribution in [1.82, 2.24) is 14.9 Å². The SMILES string of the molecule is CNCc1nccn1-c1ccccc1F. The van der Waals surface area contributed by atoms with Crippen molar-refractivity contribution in [3.05, 3.63) is 48.3 Å². The van der Waals surface area contributed by atoms with Crippen LogP contribution < -0.4 is 5.32 Å². The second-order valence-corrected chi connectivity index (χ2v) is 3.20. The molecule has 0 saturated heterocycles. The number of nitrogens with zero attached hydrogens (tertiary/aromatic N) is 2. The lowest BCUT2D eigenvalue weighted by atomic mass is 10.3. The summed E-state index contributed by atoms with van der Waals surface area (Å²) in [6.07, 6.45) is 3.42. The van der Waals surface area contributed by atoms with Gasteiger partial charge in [-0.2, -0.15) is 0 Å². The fraction of sp³-hybridized carbons (Fsp3) is 0.182. The van der Waals surface area contributed by atoms with E-state index >= 15 is 0 Å². The van der Waals surface area contributed by atoms with Crippen molar-refractivity contribution < 1.29 is 4.39 Å². The van der Waals surface area contributed by atoms with Crippen LogP contribution in [0.25, 0.3) is 5.69 Å². The van der Waals surface area contributed by atoms with E-state index in [2.05, 4.69) is 10.3 Å². The van der Waals surface area contributed by atoms with Crippen LogP contribution in [0.2, 0.25) is 0 Å². The van der Waals surface area contributed by atoms with Crippen LogP contribution in [-0.4, -0.2) is 16.6 Å². The minimum Gasteiger partial charge on any atom is -0.313 e. The van der Waals surface area contributed by atoms with E-state index in [1.54, 1.807) is 29.1 Å². The maximum absolute atomic E-state index is 13.5. The summed E-state index contributed by atoms with van der Waals surface area (Å²) in [5, 5.41) is 2.99. The Morgan fingerprint density at radius 1 is 1.40 bits per heavy atom. The van der Waals surface area contributed by atoms with E-state index in [1.165, 1.54) is 6.07 Å². The largest absolute Gasteiger partial charge is 0.313 e. The number of rotatable bonds is 3. The molecule has 4 heteroatoms. The molecule has 0 atom stereocenters. The van der Waals surface area contributed by atoms with Gasteiger partial charge in [-0.1, -0.05) is 12.1 Å². The Hall–Kier alpha value is -1.68. The van der Waals surface area contributed by atoms with E-state index in [4.69, 9.17) is 0 Å². The van der Waals surface area contributed by atoms with Gasteiger partial charge in [0, 0.05) is 12.4 Å². The average Bonchev–Trinajstić information content (AvgIpc) is 2.67. The summed E-state index contributed by atoms with van der Waals surface area (Å²) in [6, 6.07) is 6.66. The highest BCUT2D eigenvalue weighted by molar-refractivity contribution is 5.34. The molecule has 0 bridgehead atoms. The first-order chi connectivity index (χ1) is 7.33. The number of benzene rings is 1. The fourth-order valence-electron chi connectivity index (χ4n) is 1.49. The lowest BCUT2D eigenvalue weighted by molar-refractivity contribution is 0.612. The predicted octanol–water partition coefficient (Wildman–Crippen LogP) is 1.73. The maximum atomic E-state index is 13.5. The minimum atomic E-state index is -0.243. The van der Waals surface area contributed by atoms with Crippen molar-refractivity contribution >= 4 is 0 Å². The third-order valence-corrected chi connectivity index (χ3v) is 2.16. The molecule has 0 aliphatic heterocycles. The first-order valence-corrected chi connectivity index (χ1v) is 4.74. The molecular weight excluding hydrogens is 193 g/mol. The molecule has 1 heterocycles. The Morgan fingerprint density at radius 3 is 2.93 bits per heavy atom. The van der Waals surface area contributed by atoms with Crippen LogP contribution in [0.15, 0.2) is 36.7 Å². The standard InChI is InChI=1S/C11H12FN3/c1-13-8-11-14-6-7-15(11)10-5-3-2-4-9(10)12/h2-7,13H,8H2,1H3. The van der Waals surface area contributed by atoms with Crippen LogP contribution in [0.5, 0.6) is 0 Å². The van der Waals surface area contributed by atoms with E-state index in [0.717, 1.165) is 5.82 Å². The number of imidazole rings is 1. The molecule has 3 nitrogen and oxygen atoms in total. The van der Waals surface area contributed by atoms with Crippen molar-refractivity contribution in [2.75, 3.05) is 7.05 Å². The van der Waals surface area contributed by atoms with Gasteiger partial charge in [0.25, 0.3) is 0 Å². The Bertz CT molecular complexity index is 451. The van der Waals surface area contributed by atoms with Gasteiger partial charge in [-0.05, 0) is 19.2 Å². The lowest BCUT2D eigenvalue weighted by Gasteiger charge is -2.07. The highest BCUT2D eigenvalue weighted by atomic mass is 19.1. The normalized spacial score (nSPS) is 10.5. The summed E-state index contributed by atoms with van der Waals surface area (Å²) in [5.41, 5.74) is 0.528. The smallest absolute Gasteiger partial charge is 0.147 e. The van der Waals surface area contributed by atoms with Crippen LogP contribution in [0.3, 0.4) is 0 Å². The zero-order valence-corrected chi connectivity index (χ0v) is 8.44. The van der Waals surface area contributed by atoms with Gasteiger partial charge in [0.05, 0.1) is 12.2 Å². The summed E-state index contributed by atoms with van der Waals surface area (Å²) >= 11 is 0. The van der Waals surface area contributed by atoms with Crippen molar-refractivity contribution in [1.29, 1.82) is 0 Å². The quantitative estimate of drug-likeness (QED) is 0.827. The molecular formula is C11H12FN3. The number of hydrogen-bond donors (Lipinski definition) is 1. The number of para-hydroxylation sites is 1. The van der Waals surface area contributed by atoms with Crippen molar-refractivity contribution in [2.24, 2.45) is 0 Å². The van der Waals surface area contributed by atoms with Crippen LogP contribution in [0.1, 0.15) is 5.82 Å². The Balaban J connectivity index is 2.45. The van der Waals surface area contributed by atoms with Gasteiger partial charge in [0.1, 0.15) is 11.6 Å². The van der Waals surface area contributed by atoms with Gasteiger partial charge in [0.2, 0.25) is 0 Å². The van der Waals surface area contributed by atoms with Gasteiger partial charge in [-0.15, -0.1) is 0 Å². The second-order valence-electron chi connectivity index (χ2n) is 3.20. The molecule has 2 aromatic rings. The zero-order valence-electron chi connectivity index (χ0n) is 8.44. The first kappa shape index (κ1) is 9.86. The summed E-state index contributed by atoms with van der Waals surface area (Å²) in [5.74, 6) is 0.551. The highest BCUT2D eigenvalue weighted by Gasteiger charge is 2.07. The molecule has 0 saturated carbocycles. The monoisotopic (exact) mass is 205 g/mol. The van der Waals surface area contributed by atoms with E-state index in [1.807, 2.05) is 13.1 Å². The Morgan fingerprint density at radius 2 is 2.20 bits per heavy atom. The fourth-order valence-corrected chi connectivity index (χ4v) is 1.49. The summed E-state index contributed by atoms with van der Waals surface area (Å²) in [4.78, 5) is 4.16. The van der Waals surface area contributed by atoms with Crippen LogP contribution >= 0.6 is 0 Å². The topological polar surface area (TPSA) is 29.9 Å². The molecule has 1 aromatic heterocycles. The van der Waals surface area contributed by atoms with Gasteiger partial charge in [-0.25, -0.2) is 9.37 Å². The summed E-state index contributed by atoms with van der Waals surface area (Å²) in [7, 11) is 1.83. The third-order valence-electron chi connectivity index (χ3n) is 2.16. The molecule has 0 spiro atoms.